The average molecular weight is 890 g/mol. The first kappa shape index (κ1) is 43.6. The lowest BCUT2D eigenvalue weighted by atomic mass is 9.93. The summed E-state index contributed by atoms with van der Waals surface area (Å²) in [6.45, 7) is 2.32. The van der Waals surface area contributed by atoms with Crippen molar-refractivity contribution < 1.29 is 37.4 Å². The molecule has 5 aromatic rings. The van der Waals surface area contributed by atoms with Crippen LogP contribution in [0.1, 0.15) is 110 Å². The van der Waals surface area contributed by atoms with Crippen molar-refractivity contribution in [2.24, 2.45) is 0 Å². The van der Waals surface area contributed by atoms with Gasteiger partial charge >= 0.3 is 6.09 Å². The van der Waals surface area contributed by atoms with Gasteiger partial charge in [-0.15, -0.1) is 0 Å². The first-order valence-corrected chi connectivity index (χ1v) is 22.5. The van der Waals surface area contributed by atoms with E-state index in [9.17, 15) is 19.2 Å². The lowest BCUT2D eigenvalue weighted by molar-refractivity contribution is -0.140. The number of aromatic nitrogens is 4. The van der Waals surface area contributed by atoms with Crippen LogP contribution in [0.5, 0.6) is 0 Å². The van der Waals surface area contributed by atoms with E-state index in [1.165, 1.54) is 25.4 Å². The quantitative estimate of drug-likeness (QED) is 0.104. The highest BCUT2D eigenvalue weighted by Gasteiger charge is 2.40. The van der Waals surface area contributed by atoms with Crippen molar-refractivity contribution in [1.82, 2.24) is 40.4 Å². The molecule has 340 valence electrons. The van der Waals surface area contributed by atoms with E-state index in [4.69, 9.17) is 14.5 Å². The maximum absolute atomic E-state index is 16.0. The Balaban J connectivity index is 0.840. The molecule has 4 amide bonds. The van der Waals surface area contributed by atoms with Crippen molar-refractivity contribution in [2.75, 3.05) is 44.8 Å². The number of hydrogen-bond acceptors (Lipinski definition) is 9. The van der Waals surface area contributed by atoms with Crippen molar-refractivity contribution in [2.45, 2.75) is 87.6 Å². The van der Waals surface area contributed by atoms with E-state index >= 15 is 8.78 Å². The third-order valence-corrected chi connectivity index (χ3v) is 13.2. The van der Waals surface area contributed by atoms with Crippen LogP contribution in [0.3, 0.4) is 0 Å². The number of benzene rings is 3. The van der Waals surface area contributed by atoms with Gasteiger partial charge in [-0.25, -0.2) is 23.5 Å². The molecule has 4 saturated heterocycles. The van der Waals surface area contributed by atoms with Crippen LogP contribution in [-0.2, 0) is 23.9 Å². The summed E-state index contributed by atoms with van der Waals surface area (Å²) in [5.74, 6) is -0.968. The molecule has 6 heterocycles. The van der Waals surface area contributed by atoms with Crippen LogP contribution in [0.25, 0.3) is 11.3 Å². The number of methoxy groups -OCH3 is 1. The zero-order valence-electron chi connectivity index (χ0n) is 36.2. The fraction of sp³-hybridized carbons (Fsp3) is 0.417. The molecule has 5 unspecified atom stereocenters. The first-order valence-electron chi connectivity index (χ1n) is 22.5. The Hall–Kier alpha value is -6.62. The Labute approximate surface area is 375 Å². The van der Waals surface area contributed by atoms with Crippen molar-refractivity contribution in [3.8, 4) is 11.3 Å². The summed E-state index contributed by atoms with van der Waals surface area (Å²) in [6.07, 6.45) is 7.52. The molecule has 0 spiro atoms. The van der Waals surface area contributed by atoms with E-state index < -0.39 is 42.0 Å². The molecule has 4 fully saturated rings. The molecule has 4 aliphatic heterocycles. The number of aromatic amines is 2. The Kier molecular flexibility index (Phi) is 12.9. The molecular weight excluding hydrogens is 837 g/mol. The smallest absolute Gasteiger partial charge is 0.407 e. The molecule has 65 heavy (non-hydrogen) atoms. The third-order valence-electron chi connectivity index (χ3n) is 13.2. The van der Waals surface area contributed by atoms with Gasteiger partial charge in [0.25, 0.3) is 5.91 Å². The molecule has 4 aliphatic rings. The number of nitrogens with one attached hydrogen (secondary N) is 4. The van der Waals surface area contributed by atoms with Crippen LogP contribution in [0.2, 0.25) is 0 Å². The molecule has 0 aliphatic carbocycles. The van der Waals surface area contributed by atoms with Crippen molar-refractivity contribution in [3.63, 3.8) is 0 Å². The fourth-order valence-corrected chi connectivity index (χ4v) is 9.84. The number of imidazole rings is 2. The van der Waals surface area contributed by atoms with Gasteiger partial charge in [-0.05, 0) is 74.6 Å². The maximum atomic E-state index is 16.0. The SMILES string of the molecule is COC(=O)NC(C(=O)N1CCCC1c1ncc(-c2cc(F)c(N3CCC(c4cnc(C5CCCN5C(=O)C(NC(=O)C5CCCO5)c5ccccc5)[nH]4)CC3)c(F)c2)[nH]1)c1ccccc1. The summed E-state index contributed by atoms with van der Waals surface area (Å²) < 4.78 is 42.3. The maximum Gasteiger partial charge on any atom is 0.407 e. The van der Waals surface area contributed by atoms with E-state index in [2.05, 4.69) is 25.6 Å². The summed E-state index contributed by atoms with van der Waals surface area (Å²) in [5.41, 5.74) is 2.82. The Bertz CT molecular complexity index is 2460. The van der Waals surface area contributed by atoms with E-state index in [1.807, 2.05) is 36.4 Å². The van der Waals surface area contributed by atoms with Gasteiger partial charge in [-0.2, -0.15) is 0 Å². The van der Waals surface area contributed by atoms with Crippen LogP contribution in [-0.4, -0.2) is 99.6 Å². The number of amides is 4. The molecule has 0 bridgehead atoms. The first-order chi connectivity index (χ1) is 31.7. The van der Waals surface area contributed by atoms with E-state index in [-0.39, 0.29) is 40.9 Å². The molecule has 3 aromatic carbocycles. The predicted octanol–water partition coefficient (Wildman–Crippen LogP) is 6.92. The van der Waals surface area contributed by atoms with E-state index in [1.54, 1.807) is 45.2 Å². The van der Waals surface area contributed by atoms with Gasteiger partial charge in [0.05, 0.1) is 31.1 Å². The average Bonchev–Trinajstić information content (AvgIpc) is 4.20. The van der Waals surface area contributed by atoms with Crippen LogP contribution in [0, 0.1) is 11.6 Å². The van der Waals surface area contributed by atoms with Gasteiger partial charge in [-0.1, -0.05) is 60.7 Å². The van der Waals surface area contributed by atoms with Gasteiger partial charge in [0, 0.05) is 56.2 Å². The van der Waals surface area contributed by atoms with Crippen molar-refractivity contribution in [1.29, 1.82) is 0 Å². The molecule has 17 heteroatoms. The van der Waals surface area contributed by atoms with E-state index in [0.717, 1.165) is 25.0 Å². The summed E-state index contributed by atoms with van der Waals surface area (Å²) >= 11 is 0. The molecule has 4 N–H and O–H groups in total. The third kappa shape index (κ3) is 9.19. The number of H-pyrrole nitrogens is 2. The number of halogens is 2. The highest BCUT2D eigenvalue weighted by atomic mass is 19.1. The minimum atomic E-state index is -0.977. The zero-order valence-corrected chi connectivity index (χ0v) is 36.2. The number of anilines is 1. The number of hydrogen-bond donors (Lipinski definition) is 4. The second kappa shape index (κ2) is 19.2. The lowest BCUT2D eigenvalue weighted by Gasteiger charge is -2.33. The molecule has 0 radical (unpaired) electrons. The number of ether oxygens (including phenoxy) is 2. The normalized spacial score (nSPS) is 21.0. The van der Waals surface area contributed by atoms with Crippen LogP contribution in [0.4, 0.5) is 19.3 Å². The highest BCUT2D eigenvalue weighted by Crippen LogP contribution is 2.39. The van der Waals surface area contributed by atoms with E-state index in [0.29, 0.717) is 93.4 Å². The number of nitrogens with zero attached hydrogens (tertiary/aromatic N) is 5. The fourth-order valence-electron chi connectivity index (χ4n) is 9.84. The molecule has 9 rings (SSSR count). The topological polar surface area (TPSA) is 178 Å². The number of alkyl carbamates (subject to hydrolysis) is 1. The van der Waals surface area contributed by atoms with Gasteiger partial charge in [0.1, 0.15) is 47.2 Å². The number of piperidine rings is 1. The van der Waals surface area contributed by atoms with Gasteiger partial charge in [0.2, 0.25) is 11.8 Å². The second-order valence-corrected chi connectivity index (χ2v) is 17.2. The summed E-state index contributed by atoms with van der Waals surface area (Å²) in [5, 5.41) is 5.63. The van der Waals surface area contributed by atoms with Crippen LogP contribution >= 0.6 is 0 Å². The molecular formula is C48H53F2N9O6. The molecule has 15 nitrogen and oxygen atoms in total. The molecule has 0 saturated carbocycles. The minimum absolute atomic E-state index is 0.0656. The van der Waals surface area contributed by atoms with Gasteiger partial charge in [-0.3, -0.25) is 14.4 Å². The molecule has 2 aromatic heterocycles. The number of likely N-dealkylation sites (tertiary alicyclic amines) is 2. The number of carbonyl (C=O) groups is 4. The number of rotatable bonds is 12. The van der Waals surface area contributed by atoms with Crippen LogP contribution < -0.4 is 15.5 Å². The zero-order chi connectivity index (χ0) is 45.0. The van der Waals surface area contributed by atoms with Crippen molar-refractivity contribution >= 4 is 29.5 Å². The minimum Gasteiger partial charge on any atom is -0.453 e. The monoisotopic (exact) mass is 889 g/mol. The number of carbonyl (C=O) groups excluding carboxylic acids is 4. The summed E-state index contributed by atoms with van der Waals surface area (Å²) in [6, 6.07) is 18.2. The van der Waals surface area contributed by atoms with Crippen LogP contribution in [0.15, 0.2) is 85.2 Å². The summed E-state index contributed by atoms with van der Waals surface area (Å²) in [7, 11) is 1.24. The Morgan fingerprint density at radius 3 is 1.86 bits per heavy atom. The molecule has 5 atom stereocenters. The second-order valence-electron chi connectivity index (χ2n) is 17.2. The standard InChI is InChI=1S/C48H53F2N9O6/c1-64-48(63)56-41(31-13-6-3-7-14-31)47(62)59-21-9-16-38(59)44-52-28-36(54-44)32-25-33(49)42(34(50)26-32)57-22-18-29(19-23-57)35-27-51-43(53-35)37-15-8-20-58(37)46(61)40(30-11-4-2-5-12-30)55-45(60)39-17-10-24-65-39/h2-7,11-14,25-29,37-41H,8-10,15-24H2,1H3,(H,51,53)(H,52,54)(H,55,60)(H,56,63). The Morgan fingerprint density at radius 1 is 0.723 bits per heavy atom. The largest absolute Gasteiger partial charge is 0.453 e. The summed E-state index contributed by atoms with van der Waals surface area (Å²) in [4.78, 5) is 74.7. The van der Waals surface area contributed by atoms with Gasteiger partial charge < -0.3 is 44.8 Å². The highest BCUT2D eigenvalue weighted by molar-refractivity contribution is 5.91. The Morgan fingerprint density at radius 2 is 1.29 bits per heavy atom. The van der Waals surface area contributed by atoms with Crippen molar-refractivity contribution in [3.05, 3.63) is 125 Å². The predicted molar refractivity (Wildman–Crippen MR) is 235 cm³/mol. The van der Waals surface area contributed by atoms with Gasteiger partial charge in [0.15, 0.2) is 0 Å². The lowest BCUT2D eigenvalue weighted by Crippen LogP contribution is -2.45.